The molecule has 1 saturated heterocycles. The Bertz CT molecular complexity index is 1050. The molecule has 2 aromatic rings. The quantitative estimate of drug-likeness (QED) is 0.190. The molecule has 0 aliphatic carbocycles. The van der Waals surface area contributed by atoms with Crippen LogP contribution in [-0.2, 0) is 9.47 Å². The molecular weight excluding hydrogens is 468 g/mol. The molecule has 1 heterocycles. The van der Waals surface area contributed by atoms with Crippen LogP contribution in [-0.4, -0.2) is 92.7 Å². The highest BCUT2D eigenvalue weighted by molar-refractivity contribution is 5.91. The number of phenols is 3. The van der Waals surface area contributed by atoms with Gasteiger partial charge in [0.05, 0.1) is 19.3 Å². The first-order chi connectivity index (χ1) is 16.7. The van der Waals surface area contributed by atoms with Gasteiger partial charge in [0.15, 0.2) is 28.7 Å². The van der Waals surface area contributed by atoms with Crippen LogP contribution in [0.15, 0.2) is 36.4 Å². The minimum atomic E-state index is -1.71. The maximum absolute atomic E-state index is 12.3. The summed E-state index contributed by atoms with van der Waals surface area (Å²) in [7, 11) is 1.39. The molecule has 0 radical (unpaired) electrons. The van der Waals surface area contributed by atoms with E-state index in [2.05, 4.69) is 0 Å². The van der Waals surface area contributed by atoms with Crippen molar-refractivity contribution in [3.8, 4) is 28.7 Å². The van der Waals surface area contributed by atoms with Crippen molar-refractivity contribution >= 4 is 12.0 Å². The van der Waals surface area contributed by atoms with Gasteiger partial charge in [-0.15, -0.1) is 0 Å². The minimum absolute atomic E-state index is 0.145. The van der Waals surface area contributed by atoms with Crippen LogP contribution in [0.1, 0.15) is 15.9 Å². The first kappa shape index (κ1) is 26.1. The van der Waals surface area contributed by atoms with E-state index >= 15 is 0 Å². The number of aromatic hydroxyl groups is 3. The topological polar surface area (TPSA) is 196 Å². The highest BCUT2D eigenvalue weighted by Gasteiger charge is 2.45. The molecule has 0 bridgehead atoms. The molecular formula is C23H26O12. The van der Waals surface area contributed by atoms with Gasteiger partial charge >= 0.3 is 5.97 Å². The average Bonchev–Trinajstić information content (AvgIpc) is 2.85. The van der Waals surface area contributed by atoms with E-state index in [9.17, 15) is 35.4 Å². The van der Waals surface area contributed by atoms with E-state index in [1.54, 1.807) is 18.2 Å². The predicted molar refractivity (Wildman–Crippen MR) is 118 cm³/mol. The molecule has 12 heteroatoms. The van der Waals surface area contributed by atoms with Gasteiger partial charge in [-0.3, -0.25) is 0 Å². The van der Waals surface area contributed by atoms with E-state index in [0.29, 0.717) is 5.56 Å². The van der Waals surface area contributed by atoms with Crippen molar-refractivity contribution in [3.63, 3.8) is 0 Å². The van der Waals surface area contributed by atoms with Crippen LogP contribution in [0.2, 0.25) is 0 Å². The Balaban J connectivity index is 1.71. The van der Waals surface area contributed by atoms with Gasteiger partial charge in [-0.2, -0.15) is 0 Å². The molecule has 1 fully saturated rings. The summed E-state index contributed by atoms with van der Waals surface area (Å²) in [6.07, 6.45) is -4.65. The SMILES string of the molecule is COc1cc(C=CCO)ccc1OC1OC(COC(=O)c2cc(O)c(O)c(O)c2)C(O)C(O)C1O. The fourth-order valence-corrected chi connectivity index (χ4v) is 3.31. The van der Waals surface area contributed by atoms with Crippen molar-refractivity contribution in [2.45, 2.75) is 30.7 Å². The summed E-state index contributed by atoms with van der Waals surface area (Å²) in [6.45, 7) is -0.738. The van der Waals surface area contributed by atoms with Crippen molar-refractivity contribution in [1.29, 1.82) is 0 Å². The van der Waals surface area contributed by atoms with Crippen LogP contribution >= 0.6 is 0 Å². The first-order valence-electron chi connectivity index (χ1n) is 10.4. The summed E-state index contributed by atoms with van der Waals surface area (Å²) in [5.74, 6) is -2.92. The average molecular weight is 494 g/mol. The van der Waals surface area contributed by atoms with Crippen molar-refractivity contribution in [3.05, 3.63) is 47.5 Å². The van der Waals surface area contributed by atoms with Crippen LogP contribution in [0.4, 0.5) is 0 Å². The Kier molecular flexibility index (Phi) is 8.38. The number of carbonyl (C=O) groups is 1. The summed E-state index contributed by atoms with van der Waals surface area (Å²) < 4.78 is 21.5. The fraction of sp³-hybridized carbons (Fsp3) is 0.348. The highest BCUT2D eigenvalue weighted by Crippen LogP contribution is 2.36. The smallest absolute Gasteiger partial charge is 0.338 e. The summed E-state index contributed by atoms with van der Waals surface area (Å²) in [5.41, 5.74) is 0.400. The lowest BCUT2D eigenvalue weighted by Crippen LogP contribution is -2.60. The van der Waals surface area contributed by atoms with Crippen LogP contribution in [0.5, 0.6) is 28.7 Å². The second kappa shape index (κ2) is 11.3. The lowest BCUT2D eigenvalue weighted by Gasteiger charge is -2.40. The summed E-state index contributed by atoms with van der Waals surface area (Å²) >= 11 is 0. The number of carbonyl (C=O) groups excluding carboxylic acids is 1. The molecule has 5 atom stereocenters. The third-order valence-electron chi connectivity index (χ3n) is 5.20. The third kappa shape index (κ3) is 5.93. The third-order valence-corrected chi connectivity index (χ3v) is 5.20. The number of rotatable bonds is 8. The predicted octanol–water partition coefficient (Wildman–Crippen LogP) is -0.139. The maximum Gasteiger partial charge on any atom is 0.338 e. The molecule has 3 rings (SSSR count). The highest BCUT2D eigenvalue weighted by atomic mass is 16.7. The summed E-state index contributed by atoms with van der Waals surface area (Å²) in [5, 5.41) is 68.3. The van der Waals surface area contributed by atoms with Gasteiger partial charge in [0, 0.05) is 0 Å². The number of ether oxygens (including phenoxy) is 4. The van der Waals surface area contributed by atoms with Crippen LogP contribution < -0.4 is 9.47 Å². The van der Waals surface area contributed by atoms with Crippen molar-refractivity contribution in [2.75, 3.05) is 20.3 Å². The Hall–Kier alpha value is -3.55. The maximum atomic E-state index is 12.3. The second-order valence-electron chi connectivity index (χ2n) is 7.59. The van der Waals surface area contributed by atoms with Crippen molar-refractivity contribution in [2.24, 2.45) is 0 Å². The van der Waals surface area contributed by atoms with Gasteiger partial charge in [0.25, 0.3) is 0 Å². The van der Waals surface area contributed by atoms with Gasteiger partial charge in [-0.1, -0.05) is 18.2 Å². The number of benzene rings is 2. The molecule has 190 valence electrons. The van der Waals surface area contributed by atoms with Crippen molar-refractivity contribution in [1.82, 2.24) is 0 Å². The number of aliphatic hydroxyl groups is 4. The second-order valence-corrected chi connectivity index (χ2v) is 7.59. The van der Waals surface area contributed by atoms with E-state index in [1.807, 2.05) is 0 Å². The zero-order valence-corrected chi connectivity index (χ0v) is 18.5. The molecule has 0 aromatic heterocycles. The number of aliphatic hydroxyl groups excluding tert-OH is 4. The number of hydrogen-bond donors (Lipinski definition) is 7. The summed E-state index contributed by atoms with van der Waals surface area (Å²) in [6, 6.07) is 6.50. The van der Waals surface area contributed by atoms with Gasteiger partial charge < -0.3 is 54.7 Å². The summed E-state index contributed by atoms with van der Waals surface area (Å²) in [4.78, 5) is 12.3. The molecule has 2 aromatic carbocycles. The van der Waals surface area contributed by atoms with Gasteiger partial charge in [-0.25, -0.2) is 4.79 Å². The Labute approximate surface area is 199 Å². The fourth-order valence-electron chi connectivity index (χ4n) is 3.31. The van der Waals surface area contributed by atoms with Crippen LogP contribution in [0.3, 0.4) is 0 Å². The molecule has 1 aliphatic rings. The number of phenolic OH excluding ortho intramolecular Hbond substituents is 3. The van der Waals surface area contributed by atoms with E-state index in [1.165, 1.54) is 19.3 Å². The molecule has 7 N–H and O–H groups in total. The molecule has 5 unspecified atom stereocenters. The lowest BCUT2D eigenvalue weighted by molar-refractivity contribution is -0.277. The number of esters is 1. The van der Waals surface area contributed by atoms with Crippen LogP contribution in [0, 0.1) is 0 Å². The molecule has 0 spiro atoms. The Morgan fingerprint density at radius 1 is 1.00 bits per heavy atom. The molecule has 1 aliphatic heterocycles. The van der Waals surface area contributed by atoms with Gasteiger partial charge in [-0.05, 0) is 29.8 Å². The lowest BCUT2D eigenvalue weighted by atomic mass is 9.99. The largest absolute Gasteiger partial charge is 0.504 e. The standard InChI is InChI=1S/C23H26O12/c1-32-16-7-11(3-2-6-24)4-5-15(16)34-23-21(30)20(29)19(28)17(35-23)10-33-22(31)12-8-13(25)18(27)14(26)9-12/h2-5,7-9,17,19-21,23-30H,6,10H2,1H3. The minimum Gasteiger partial charge on any atom is -0.504 e. The molecule has 35 heavy (non-hydrogen) atoms. The zero-order valence-electron chi connectivity index (χ0n) is 18.5. The molecule has 0 amide bonds. The molecule has 0 saturated carbocycles. The van der Waals surface area contributed by atoms with Crippen LogP contribution in [0.25, 0.3) is 6.08 Å². The van der Waals surface area contributed by atoms with E-state index in [-0.39, 0.29) is 23.7 Å². The van der Waals surface area contributed by atoms with E-state index < -0.39 is 60.5 Å². The monoisotopic (exact) mass is 494 g/mol. The Morgan fingerprint density at radius 3 is 2.31 bits per heavy atom. The number of hydrogen-bond acceptors (Lipinski definition) is 12. The van der Waals surface area contributed by atoms with Gasteiger partial charge in [0.2, 0.25) is 6.29 Å². The Morgan fingerprint density at radius 2 is 1.69 bits per heavy atom. The molecule has 12 nitrogen and oxygen atoms in total. The van der Waals surface area contributed by atoms with Gasteiger partial charge in [0.1, 0.15) is 31.0 Å². The zero-order chi connectivity index (χ0) is 25.7. The van der Waals surface area contributed by atoms with E-state index in [0.717, 1.165) is 12.1 Å². The van der Waals surface area contributed by atoms with E-state index in [4.69, 9.17) is 24.1 Å². The number of methoxy groups -OCH3 is 1. The first-order valence-corrected chi connectivity index (χ1v) is 10.4. The van der Waals surface area contributed by atoms with Crippen molar-refractivity contribution < 1.29 is 59.5 Å². The normalized spacial score (nSPS) is 24.3.